The third-order valence-electron chi connectivity index (χ3n) is 4.81. The average Bonchev–Trinajstić information content (AvgIpc) is 3.18. The summed E-state index contributed by atoms with van der Waals surface area (Å²) >= 11 is 0. The lowest BCUT2D eigenvalue weighted by Gasteiger charge is -2.37. The van der Waals surface area contributed by atoms with Gasteiger partial charge in [0.2, 0.25) is 0 Å². The first-order valence-electron chi connectivity index (χ1n) is 8.81. The first-order chi connectivity index (χ1) is 11.9. The highest BCUT2D eigenvalue weighted by atomic mass is 16.5. The van der Waals surface area contributed by atoms with Crippen molar-refractivity contribution in [3.8, 4) is 5.82 Å². The van der Waals surface area contributed by atoms with Crippen LogP contribution in [0.4, 0.5) is 5.82 Å². The van der Waals surface area contributed by atoms with Gasteiger partial charge in [-0.05, 0) is 37.5 Å². The summed E-state index contributed by atoms with van der Waals surface area (Å²) in [6, 6.07) is 5.88. The van der Waals surface area contributed by atoms with E-state index in [0.29, 0.717) is 6.10 Å². The number of ether oxygens (including phenoxy) is 1. The zero-order valence-corrected chi connectivity index (χ0v) is 13.9. The summed E-state index contributed by atoms with van der Waals surface area (Å²) in [5, 5.41) is 12.8. The van der Waals surface area contributed by atoms with E-state index in [2.05, 4.69) is 25.1 Å². The number of hydrogen-bond donors (Lipinski definition) is 0. The van der Waals surface area contributed by atoms with Crippen LogP contribution in [-0.4, -0.2) is 70.3 Å². The average molecular weight is 328 g/mol. The van der Waals surface area contributed by atoms with Crippen molar-refractivity contribution in [2.75, 3.05) is 44.2 Å². The van der Waals surface area contributed by atoms with Crippen molar-refractivity contribution in [2.24, 2.45) is 0 Å². The maximum absolute atomic E-state index is 5.85. The lowest BCUT2D eigenvalue weighted by molar-refractivity contribution is -0.00647. The van der Waals surface area contributed by atoms with Gasteiger partial charge in [-0.2, -0.15) is 5.10 Å². The fourth-order valence-electron chi connectivity index (χ4n) is 3.41. The van der Waals surface area contributed by atoms with Gasteiger partial charge >= 0.3 is 0 Å². The number of rotatable bonds is 4. The molecule has 0 N–H and O–H groups in total. The molecule has 128 valence electrons. The predicted octanol–water partition coefficient (Wildman–Crippen LogP) is 1.35. The van der Waals surface area contributed by atoms with Crippen molar-refractivity contribution in [3.63, 3.8) is 0 Å². The van der Waals surface area contributed by atoms with Crippen LogP contribution >= 0.6 is 0 Å². The second-order valence-corrected chi connectivity index (χ2v) is 6.48. The molecule has 2 aromatic rings. The van der Waals surface area contributed by atoms with Crippen molar-refractivity contribution in [3.05, 3.63) is 30.6 Å². The highest BCUT2D eigenvalue weighted by molar-refractivity contribution is 5.40. The van der Waals surface area contributed by atoms with E-state index in [4.69, 9.17) is 4.74 Å². The topological polar surface area (TPSA) is 59.3 Å². The fourth-order valence-corrected chi connectivity index (χ4v) is 3.41. The third kappa shape index (κ3) is 3.57. The SMILES string of the molecule is c1cnn(-c2ccc(N3CCN(CC4CCCCO4)CC3)nn2)c1. The van der Waals surface area contributed by atoms with Gasteiger partial charge in [0.1, 0.15) is 0 Å². The fraction of sp³-hybridized carbons (Fsp3) is 0.588. The van der Waals surface area contributed by atoms with E-state index in [1.165, 1.54) is 19.3 Å². The molecule has 4 heterocycles. The van der Waals surface area contributed by atoms with Gasteiger partial charge in [0, 0.05) is 51.7 Å². The molecule has 0 amide bonds. The van der Waals surface area contributed by atoms with E-state index in [0.717, 1.165) is 51.0 Å². The van der Waals surface area contributed by atoms with Crippen LogP contribution in [0.1, 0.15) is 19.3 Å². The summed E-state index contributed by atoms with van der Waals surface area (Å²) in [6.45, 7) is 6.09. The summed E-state index contributed by atoms with van der Waals surface area (Å²) < 4.78 is 7.58. The van der Waals surface area contributed by atoms with Gasteiger partial charge in [0.25, 0.3) is 0 Å². The summed E-state index contributed by atoms with van der Waals surface area (Å²) in [7, 11) is 0. The molecule has 2 fully saturated rings. The van der Waals surface area contributed by atoms with E-state index in [1.54, 1.807) is 10.9 Å². The molecule has 1 unspecified atom stereocenters. The normalized spacial score (nSPS) is 22.7. The highest BCUT2D eigenvalue weighted by Gasteiger charge is 2.22. The van der Waals surface area contributed by atoms with Gasteiger partial charge in [-0.15, -0.1) is 10.2 Å². The Balaban J connectivity index is 1.30. The van der Waals surface area contributed by atoms with Crippen molar-refractivity contribution in [2.45, 2.75) is 25.4 Å². The molecule has 2 aliphatic rings. The molecule has 2 aromatic heterocycles. The van der Waals surface area contributed by atoms with Crippen LogP contribution in [0.2, 0.25) is 0 Å². The van der Waals surface area contributed by atoms with Crippen LogP contribution in [0.15, 0.2) is 30.6 Å². The molecule has 0 radical (unpaired) electrons. The Hall–Kier alpha value is -1.99. The number of nitrogens with zero attached hydrogens (tertiary/aromatic N) is 6. The Bertz CT molecular complexity index is 615. The predicted molar refractivity (Wildman–Crippen MR) is 91.4 cm³/mol. The van der Waals surface area contributed by atoms with Crippen molar-refractivity contribution < 1.29 is 4.74 Å². The summed E-state index contributed by atoms with van der Waals surface area (Å²) in [6.07, 6.45) is 7.78. The molecule has 0 bridgehead atoms. The highest BCUT2D eigenvalue weighted by Crippen LogP contribution is 2.17. The second kappa shape index (κ2) is 7.27. The van der Waals surface area contributed by atoms with E-state index >= 15 is 0 Å². The molecule has 7 heteroatoms. The molecule has 2 aliphatic heterocycles. The molecule has 2 saturated heterocycles. The number of hydrogen-bond acceptors (Lipinski definition) is 6. The maximum Gasteiger partial charge on any atom is 0.175 e. The summed E-state index contributed by atoms with van der Waals surface area (Å²) in [5.74, 6) is 1.69. The van der Waals surface area contributed by atoms with Gasteiger partial charge in [-0.3, -0.25) is 4.90 Å². The largest absolute Gasteiger partial charge is 0.377 e. The summed E-state index contributed by atoms with van der Waals surface area (Å²) in [5.41, 5.74) is 0. The lowest BCUT2D eigenvalue weighted by Crippen LogP contribution is -2.49. The quantitative estimate of drug-likeness (QED) is 0.844. The number of piperazine rings is 1. The monoisotopic (exact) mass is 328 g/mol. The Morgan fingerprint density at radius 1 is 1.04 bits per heavy atom. The zero-order valence-electron chi connectivity index (χ0n) is 13.9. The standard InChI is InChI=1S/C17H24N6O/c1-2-13-24-15(4-1)14-21-9-11-22(12-10-21)16-5-6-17(20-19-16)23-8-3-7-18-23/h3,5-8,15H,1-2,4,9-14H2. The van der Waals surface area contributed by atoms with Crippen LogP contribution in [0.5, 0.6) is 0 Å². The molecule has 24 heavy (non-hydrogen) atoms. The van der Waals surface area contributed by atoms with E-state index in [-0.39, 0.29) is 0 Å². The van der Waals surface area contributed by atoms with Crippen LogP contribution < -0.4 is 4.90 Å². The first-order valence-corrected chi connectivity index (χ1v) is 8.81. The molecule has 0 saturated carbocycles. The molecule has 4 rings (SSSR count). The van der Waals surface area contributed by atoms with Crippen LogP contribution in [0, 0.1) is 0 Å². The Labute approximate surface area is 142 Å². The van der Waals surface area contributed by atoms with Crippen molar-refractivity contribution >= 4 is 5.82 Å². The van der Waals surface area contributed by atoms with E-state index in [9.17, 15) is 0 Å². The molecular weight excluding hydrogens is 304 g/mol. The third-order valence-corrected chi connectivity index (χ3v) is 4.81. The van der Waals surface area contributed by atoms with Crippen molar-refractivity contribution in [1.29, 1.82) is 0 Å². The smallest absolute Gasteiger partial charge is 0.175 e. The van der Waals surface area contributed by atoms with Crippen LogP contribution in [0.3, 0.4) is 0 Å². The Morgan fingerprint density at radius 2 is 1.88 bits per heavy atom. The van der Waals surface area contributed by atoms with E-state index < -0.39 is 0 Å². The van der Waals surface area contributed by atoms with E-state index in [1.807, 2.05) is 24.4 Å². The van der Waals surface area contributed by atoms with Gasteiger partial charge in [-0.1, -0.05) is 0 Å². The molecule has 1 atom stereocenters. The van der Waals surface area contributed by atoms with Gasteiger partial charge in [0.15, 0.2) is 11.6 Å². The molecule has 0 aliphatic carbocycles. The minimum absolute atomic E-state index is 0.429. The number of aromatic nitrogens is 4. The van der Waals surface area contributed by atoms with Crippen molar-refractivity contribution in [1.82, 2.24) is 24.9 Å². The Kier molecular flexibility index (Phi) is 4.71. The van der Waals surface area contributed by atoms with Crippen LogP contribution in [0.25, 0.3) is 5.82 Å². The minimum atomic E-state index is 0.429. The first kappa shape index (κ1) is 15.5. The molecular formula is C17H24N6O. The summed E-state index contributed by atoms with van der Waals surface area (Å²) in [4.78, 5) is 4.82. The maximum atomic E-state index is 5.85. The van der Waals surface area contributed by atoms with Gasteiger partial charge in [0.05, 0.1) is 6.10 Å². The lowest BCUT2D eigenvalue weighted by atomic mass is 10.1. The molecule has 0 spiro atoms. The molecule has 7 nitrogen and oxygen atoms in total. The van der Waals surface area contributed by atoms with Gasteiger partial charge in [-0.25, -0.2) is 4.68 Å². The Morgan fingerprint density at radius 3 is 2.54 bits per heavy atom. The molecule has 0 aromatic carbocycles. The zero-order chi connectivity index (χ0) is 16.2. The van der Waals surface area contributed by atoms with Gasteiger partial charge < -0.3 is 9.64 Å². The van der Waals surface area contributed by atoms with Crippen LogP contribution in [-0.2, 0) is 4.74 Å². The number of anilines is 1. The minimum Gasteiger partial charge on any atom is -0.377 e. The second-order valence-electron chi connectivity index (χ2n) is 6.48.